The zero-order valence-electron chi connectivity index (χ0n) is 16.4. The van der Waals surface area contributed by atoms with E-state index in [1.54, 1.807) is 0 Å². The molecule has 0 fully saturated rings. The first-order valence-electron chi connectivity index (χ1n) is 10.3. The zero-order valence-corrected chi connectivity index (χ0v) is 16.4. The van der Waals surface area contributed by atoms with Crippen LogP contribution in [0.2, 0.25) is 0 Å². The largest absolute Gasteiger partial charge is 0.326 e. The van der Waals surface area contributed by atoms with Crippen molar-refractivity contribution >= 4 is 23.7 Å². The molecule has 144 valence electrons. The molecule has 0 spiro atoms. The smallest absolute Gasteiger partial charge is 0.255 e. The topological polar surface area (TPSA) is 55.1 Å². The van der Waals surface area contributed by atoms with Gasteiger partial charge in [0.2, 0.25) is 0 Å². The molecule has 3 nitrogen and oxygen atoms in total. The molecular formula is C26H24N2O. The third kappa shape index (κ3) is 3.28. The van der Waals surface area contributed by atoms with Gasteiger partial charge in [0, 0.05) is 17.8 Å². The molecule has 0 radical (unpaired) electrons. The number of anilines is 1. The van der Waals surface area contributed by atoms with Gasteiger partial charge in [0.15, 0.2) is 0 Å². The number of nitrogens with two attached hydrogens (primary N) is 1. The number of fused-ring (bicyclic) bond motifs is 4. The highest BCUT2D eigenvalue weighted by molar-refractivity contribution is 6.04. The van der Waals surface area contributed by atoms with E-state index in [-0.39, 0.29) is 5.91 Å². The predicted molar refractivity (Wildman–Crippen MR) is 118 cm³/mol. The lowest BCUT2D eigenvalue weighted by Crippen LogP contribution is -2.21. The molecule has 0 saturated carbocycles. The van der Waals surface area contributed by atoms with Crippen molar-refractivity contribution in [3.05, 3.63) is 97.7 Å². The normalized spacial score (nSPS) is 14.0. The van der Waals surface area contributed by atoms with Gasteiger partial charge in [-0.1, -0.05) is 42.5 Å². The Kier molecular flexibility index (Phi) is 4.53. The van der Waals surface area contributed by atoms with Crippen LogP contribution in [-0.2, 0) is 19.4 Å². The Hall–Kier alpha value is -3.17. The van der Waals surface area contributed by atoms with Crippen molar-refractivity contribution < 1.29 is 4.79 Å². The lowest BCUT2D eigenvalue weighted by molar-refractivity contribution is 0.102. The molecule has 0 aromatic heterocycles. The van der Waals surface area contributed by atoms with E-state index in [1.807, 2.05) is 36.4 Å². The van der Waals surface area contributed by atoms with Gasteiger partial charge < -0.3 is 11.1 Å². The predicted octanol–water partition coefficient (Wildman–Crippen LogP) is 3.14. The summed E-state index contributed by atoms with van der Waals surface area (Å²) in [4.78, 5) is 12.8. The minimum atomic E-state index is -0.0961. The van der Waals surface area contributed by atoms with Crippen LogP contribution in [0.25, 0.3) is 12.2 Å². The van der Waals surface area contributed by atoms with Crippen molar-refractivity contribution in [1.29, 1.82) is 0 Å². The highest BCUT2D eigenvalue weighted by Gasteiger charge is 2.13. The second-order valence-corrected chi connectivity index (χ2v) is 7.82. The second-order valence-electron chi connectivity index (χ2n) is 7.82. The third-order valence-electron chi connectivity index (χ3n) is 6.01. The Labute approximate surface area is 169 Å². The van der Waals surface area contributed by atoms with Gasteiger partial charge in [-0.25, -0.2) is 0 Å². The van der Waals surface area contributed by atoms with Crippen LogP contribution >= 0.6 is 0 Å². The van der Waals surface area contributed by atoms with Gasteiger partial charge in [0.05, 0.1) is 0 Å². The molecule has 29 heavy (non-hydrogen) atoms. The summed E-state index contributed by atoms with van der Waals surface area (Å²) in [6, 6.07) is 18.2. The fourth-order valence-electron chi connectivity index (χ4n) is 4.53. The molecule has 3 aromatic carbocycles. The molecule has 0 bridgehead atoms. The van der Waals surface area contributed by atoms with E-state index in [0.717, 1.165) is 22.9 Å². The highest BCUT2D eigenvalue weighted by atomic mass is 16.1. The third-order valence-corrected chi connectivity index (χ3v) is 6.01. The number of rotatable bonds is 3. The number of carbonyl (C=O) groups is 1. The fourth-order valence-corrected chi connectivity index (χ4v) is 4.53. The van der Waals surface area contributed by atoms with Crippen LogP contribution < -0.4 is 21.5 Å². The Morgan fingerprint density at radius 2 is 1.83 bits per heavy atom. The van der Waals surface area contributed by atoms with Gasteiger partial charge in [-0.05, 0) is 87.5 Å². The van der Waals surface area contributed by atoms with Gasteiger partial charge in [-0.3, -0.25) is 4.79 Å². The molecule has 3 N–H and O–H groups in total. The van der Waals surface area contributed by atoms with Gasteiger partial charge in [-0.15, -0.1) is 0 Å². The maximum absolute atomic E-state index is 12.8. The van der Waals surface area contributed by atoms with Crippen LogP contribution in [-0.4, -0.2) is 5.91 Å². The van der Waals surface area contributed by atoms with Gasteiger partial charge in [-0.2, -0.15) is 0 Å². The summed E-state index contributed by atoms with van der Waals surface area (Å²) in [7, 11) is 0. The summed E-state index contributed by atoms with van der Waals surface area (Å²) in [5, 5.41) is 8.07. The lowest BCUT2D eigenvalue weighted by Gasteiger charge is -2.16. The summed E-state index contributed by atoms with van der Waals surface area (Å²) in [5.74, 6) is -0.0961. The number of amides is 1. The monoisotopic (exact) mass is 380 g/mol. The molecule has 3 aromatic rings. The van der Waals surface area contributed by atoms with E-state index >= 15 is 0 Å². The number of hydrogen-bond acceptors (Lipinski definition) is 2. The average molecular weight is 380 g/mol. The van der Waals surface area contributed by atoms with Crippen molar-refractivity contribution in [3.63, 3.8) is 0 Å². The number of benzene rings is 3. The standard InChI is InChI=1S/C26H24N2O/c27-16-17-4-3-6-21(14-17)28-26(29)20-10-11-23-19(15-20)9-13-24-22-7-2-1-5-18(22)8-12-25(23)24/h3-6,8-12,14-15H,1-2,7,13,16,27H2,(H,28,29). The average Bonchev–Trinajstić information content (AvgIpc) is 2.78. The number of hydrogen-bond donors (Lipinski definition) is 2. The Balaban J connectivity index is 1.55. The van der Waals surface area contributed by atoms with Crippen molar-refractivity contribution in [1.82, 2.24) is 0 Å². The SMILES string of the molecule is NCc1cccc(NC(=O)c2ccc3c(c2)=CCc2c4c(ccc2=3)=CCCC4)c1. The molecule has 2 aliphatic rings. The lowest BCUT2D eigenvalue weighted by atomic mass is 9.88. The van der Waals surface area contributed by atoms with Crippen molar-refractivity contribution in [2.24, 2.45) is 5.73 Å². The van der Waals surface area contributed by atoms with E-state index in [4.69, 9.17) is 5.73 Å². The Morgan fingerprint density at radius 1 is 0.931 bits per heavy atom. The first kappa shape index (κ1) is 17.9. The minimum absolute atomic E-state index is 0.0961. The number of nitrogens with one attached hydrogen (secondary N) is 1. The van der Waals surface area contributed by atoms with E-state index in [0.29, 0.717) is 12.1 Å². The molecule has 3 heteroatoms. The van der Waals surface area contributed by atoms with Gasteiger partial charge in [0.25, 0.3) is 5.91 Å². The van der Waals surface area contributed by atoms with Crippen LogP contribution in [0.3, 0.4) is 0 Å². The van der Waals surface area contributed by atoms with Gasteiger partial charge >= 0.3 is 0 Å². The van der Waals surface area contributed by atoms with Crippen molar-refractivity contribution in [3.8, 4) is 0 Å². The minimum Gasteiger partial charge on any atom is -0.326 e. The Bertz CT molecular complexity index is 1340. The molecule has 0 unspecified atom stereocenters. The molecule has 0 aliphatic heterocycles. The first-order valence-corrected chi connectivity index (χ1v) is 10.3. The molecule has 1 amide bonds. The summed E-state index contributed by atoms with van der Waals surface area (Å²) in [6.07, 6.45) is 9.14. The zero-order chi connectivity index (χ0) is 19.8. The Morgan fingerprint density at radius 3 is 2.72 bits per heavy atom. The van der Waals surface area contributed by atoms with Crippen LogP contribution in [0.1, 0.15) is 39.9 Å². The fraction of sp³-hybridized carbons (Fsp3) is 0.192. The van der Waals surface area contributed by atoms with E-state index in [9.17, 15) is 4.79 Å². The van der Waals surface area contributed by atoms with Crippen molar-refractivity contribution in [2.45, 2.75) is 32.2 Å². The maximum Gasteiger partial charge on any atom is 0.255 e. The molecular weight excluding hydrogens is 356 g/mol. The maximum atomic E-state index is 12.8. The summed E-state index contributed by atoms with van der Waals surface area (Å²) in [6.45, 7) is 0.457. The van der Waals surface area contributed by atoms with E-state index in [2.05, 4.69) is 35.7 Å². The van der Waals surface area contributed by atoms with E-state index < -0.39 is 0 Å². The second kappa shape index (κ2) is 7.34. The molecule has 2 aliphatic carbocycles. The summed E-state index contributed by atoms with van der Waals surface area (Å²) in [5.41, 5.74) is 11.1. The first-order chi connectivity index (χ1) is 14.2. The van der Waals surface area contributed by atoms with Crippen LogP contribution in [0.15, 0.2) is 54.6 Å². The highest BCUT2D eigenvalue weighted by Crippen LogP contribution is 2.18. The van der Waals surface area contributed by atoms with Crippen LogP contribution in [0.4, 0.5) is 5.69 Å². The molecule has 0 saturated heterocycles. The summed E-state index contributed by atoms with van der Waals surface area (Å²) < 4.78 is 0. The van der Waals surface area contributed by atoms with Crippen LogP contribution in [0.5, 0.6) is 0 Å². The van der Waals surface area contributed by atoms with E-state index in [1.165, 1.54) is 46.0 Å². The molecule has 5 rings (SSSR count). The quantitative estimate of drug-likeness (QED) is 0.733. The van der Waals surface area contributed by atoms with Crippen LogP contribution in [0, 0.1) is 10.4 Å². The molecule has 0 atom stereocenters. The molecule has 0 heterocycles. The van der Waals surface area contributed by atoms with Gasteiger partial charge in [0.1, 0.15) is 0 Å². The van der Waals surface area contributed by atoms with Crippen molar-refractivity contribution in [2.75, 3.05) is 5.32 Å². The summed E-state index contributed by atoms with van der Waals surface area (Å²) >= 11 is 0. The number of carbonyl (C=O) groups excluding carboxylic acids is 1.